The van der Waals surface area contributed by atoms with Gasteiger partial charge in [-0.1, -0.05) is 19.1 Å². The van der Waals surface area contributed by atoms with Gasteiger partial charge in [-0.3, -0.25) is 0 Å². The summed E-state index contributed by atoms with van der Waals surface area (Å²) in [5, 5.41) is 3.06. The van der Waals surface area contributed by atoms with Crippen molar-refractivity contribution in [3.63, 3.8) is 0 Å². The van der Waals surface area contributed by atoms with Crippen LogP contribution in [0.3, 0.4) is 0 Å². The van der Waals surface area contributed by atoms with Crippen molar-refractivity contribution in [3.8, 4) is 0 Å². The molecule has 1 aromatic rings. The smallest absolute Gasteiger partial charge is 0.243 e. The summed E-state index contributed by atoms with van der Waals surface area (Å²) in [6.07, 6.45) is 0. The average molecular weight is 260 g/mol. The van der Waals surface area contributed by atoms with E-state index in [1.54, 1.807) is 0 Å². The summed E-state index contributed by atoms with van der Waals surface area (Å²) in [6.45, 7) is 4.77. The summed E-state index contributed by atoms with van der Waals surface area (Å²) >= 11 is 0. The Kier molecular flexibility index (Phi) is 5.04. The molecule has 0 radical (unpaired) electrons. The molecule has 0 amide bonds. The Morgan fingerprint density at radius 3 is 2.59 bits per heavy atom. The van der Waals surface area contributed by atoms with E-state index in [9.17, 15) is 12.8 Å². The van der Waals surface area contributed by atoms with E-state index in [4.69, 9.17) is 0 Å². The maximum absolute atomic E-state index is 13.3. The van der Waals surface area contributed by atoms with E-state index in [1.807, 2.05) is 13.8 Å². The zero-order valence-corrected chi connectivity index (χ0v) is 10.7. The molecule has 0 saturated carbocycles. The van der Waals surface area contributed by atoms with Crippen molar-refractivity contribution in [1.82, 2.24) is 10.0 Å². The lowest BCUT2D eigenvalue weighted by atomic mass is 10.3. The Bertz CT molecular complexity index is 462. The molecule has 0 spiro atoms. The van der Waals surface area contributed by atoms with Crippen LogP contribution in [0.2, 0.25) is 0 Å². The monoisotopic (exact) mass is 260 g/mol. The molecule has 1 rings (SSSR count). The first kappa shape index (κ1) is 14.1. The molecule has 0 aliphatic rings. The molecule has 1 atom stereocenters. The number of sulfonamides is 1. The third kappa shape index (κ3) is 4.07. The van der Waals surface area contributed by atoms with Crippen molar-refractivity contribution in [2.24, 2.45) is 0 Å². The summed E-state index contributed by atoms with van der Waals surface area (Å²) in [5.74, 6) is -0.740. The largest absolute Gasteiger partial charge is 0.313 e. The molecule has 0 aliphatic carbocycles. The number of hydrogen-bond donors (Lipinski definition) is 2. The van der Waals surface area contributed by atoms with E-state index >= 15 is 0 Å². The molecule has 17 heavy (non-hydrogen) atoms. The van der Waals surface area contributed by atoms with Crippen LogP contribution in [0.15, 0.2) is 29.2 Å². The van der Waals surface area contributed by atoms with E-state index in [1.165, 1.54) is 18.2 Å². The van der Waals surface area contributed by atoms with Gasteiger partial charge < -0.3 is 5.32 Å². The topological polar surface area (TPSA) is 58.2 Å². The summed E-state index contributed by atoms with van der Waals surface area (Å²) in [7, 11) is -3.77. The lowest BCUT2D eigenvalue weighted by molar-refractivity contribution is 0.528. The fourth-order valence-electron chi connectivity index (χ4n) is 1.40. The lowest BCUT2D eigenvalue weighted by Crippen LogP contribution is -2.38. The second kappa shape index (κ2) is 6.09. The molecule has 6 heteroatoms. The molecular formula is C11H17FN2O2S. The minimum absolute atomic E-state index is 0.00143. The zero-order valence-electron chi connectivity index (χ0n) is 9.90. The van der Waals surface area contributed by atoms with Gasteiger partial charge >= 0.3 is 0 Å². The minimum Gasteiger partial charge on any atom is -0.313 e. The Labute approximate surface area is 101 Å². The zero-order chi connectivity index (χ0) is 12.9. The molecule has 4 nitrogen and oxygen atoms in total. The maximum Gasteiger partial charge on any atom is 0.243 e. The SMILES string of the molecule is CCN[C@H](C)CNS(=O)(=O)c1ccccc1F. The number of nitrogens with one attached hydrogen (secondary N) is 2. The van der Waals surface area contributed by atoms with Gasteiger partial charge in [0.2, 0.25) is 10.0 Å². The fourth-order valence-corrected chi connectivity index (χ4v) is 2.60. The molecule has 0 aromatic heterocycles. The molecule has 1 aromatic carbocycles. The molecule has 0 aliphatic heterocycles. The van der Waals surface area contributed by atoms with Crippen molar-refractivity contribution in [2.45, 2.75) is 24.8 Å². The molecule has 0 unspecified atom stereocenters. The second-order valence-corrected chi connectivity index (χ2v) is 5.48. The molecule has 96 valence electrons. The van der Waals surface area contributed by atoms with Gasteiger partial charge in [0, 0.05) is 12.6 Å². The first-order valence-electron chi connectivity index (χ1n) is 5.45. The normalized spacial score (nSPS) is 13.6. The highest BCUT2D eigenvalue weighted by molar-refractivity contribution is 7.89. The van der Waals surface area contributed by atoms with Crippen molar-refractivity contribution in [3.05, 3.63) is 30.1 Å². The standard InChI is InChI=1S/C11H17FN2O2S/c1-3-13-9(2)8-14-17(15,16)11-7-5-4-6-10(11)12/h4-7,9,13-14H,3,8H2,1-2H3/t9-/m1/s1. The van der Waals surface area contributed by atoms with Crippen molar-refractivity contribution in [1.29, 1.82) is 0 Å². The molecule has 0 bridgehead atoms. The summed E-state index contributed by atoms with van der Waals surface area (Å²) in [6, 6.07) is 5.32. The van der Waals surface area contributed by atoms with E-state index in [-0.39, 0.29) is 17.5 Å². The van der Waals surface area contributed by atoms with Crippen LogP contribution in [-0.2, 0) is 10.0 Å². The first-order valence-corrected chi connectivity index (χ1v) is 6.93. The average Bonchev–Trinajstić information content (AvgIpc) is 2.27. The third-order valence-corrected chi connectivity index (χ3v) is 3.72. The highest BCUT2D eigenvalue weighted by Crippen LogP contribution is 2.12. The van der Waals surface area contributed by atoms with E-state index < -0.39 is 15.8 Å². The van der Waals surface area contributed by atoms with Gasteiger partial charge in [-0.25, -0.2) is 17.5 Å². The number of likely N-dealkylation sites (N-methyl/N-ethyl adjacent to an activating group) is 1. The van der Waals surface area contributed by atoms with E-state index in [0.29, 0.717) is 0 Å². The quantitative estimate of drug-likeness (QED) is 0.805. The first-order chi connectivity index (χ1) is 7.97. The Hall–Kier alpha value is -0.980. The van der Waals surface area contributed by atoms with E-state index in [2.05, 4.69) is 10.0 Å². The van der Waals surface area contributed by atoms with Crippen molar-refractivity contribution in [2.75, 3.05) is 13.1 Å². The van der Waals surface area contributed by atoms with Gasteiger partial charge in [0.25, 0.3) is 0 Å². The van der Waals surface area contributed by atoms with Crippen LogP contribution < -0.4 is 10.0 Å². The predicted octanol–water partition coefficient (Wildman–Crippen LogP) is 1.10. The van der Waals surface area contributed by atoms with Gasteiger partial charge in [-0.2, -0.15) is 0 Å². The van der Waals surface area contributed by atoms with Gasteiger partial charge in [0.1, 0.15) is 10.7 Å². The predicted molar refractivity (Wildman–Crippen MR) is 64.7 cm³/mol. The van der Waals surface area contributed by atoms with Crippen LogP contribution in [0, 0.1) is 5.82 Å². The second-order valence-electron chi connectivity index (χ2n) is 3.74. The van der Waals surface area contributed by atoms with Gasteiger partial charge in [-0.05, 0) is 25.6 Å². The van der Waals surface area contributed by atoms with Gasteiger partial charge in [0.15, 0.2) is 0 Å². The highest BCUT2D eigenvalue weighted by Gasteiger charge is 2.18. The molecular weight excluding hydrogens is 243 g/mol. The van der Waals surface area contributed by atoms with Crippen molar-refractivity contribution >= 4 is 10.0 Å². The van der Waals surface area contributed by atoms with Gasteiger partial charge in [0.05, 0.1) is 0 Å². The summed E-state index contributed by atoms with van der Waals surface area (Å²) < 4.78 is 39.3. The minimum atomic E-state index is -3.77. The van der Waals surface area contributed by atoms with Crippen LogP contribution in [0.5, 0.6) is 0 Å². The van der Waals surface area contributed by atoms with Crippen LogP contribution in [0.1, 0.15) is 13.8 Å². The van der Waals surface area contributed by atoms with Crippen LogP contribution >= 0.6 is 0 Å². The molecule has 0 fully saturated rings. The number of halogens is 1. The van der Waals surface area contributed by atoms with Crippen LogP contribution in [-0.4, -0.2) is 27.5 Å². The Balaban J connectivity index is 2.73. The fraction of sp³-hybridized carbons (Fsp3) is 0.455. The van der Waals surface area contributed by atoms with Crippen molar-refractivity contribution < 1.29 is 12.8 Å². The Morgan fingerprint density at radius 2 is 2.00 bits per heavy atom. The summed E-state index contributed by atoms with van der Waals surface area (Å²) in [5.41, 5.74) is 0. The van der Waals surface area contributed by atoms with E-state index in [0.717, 1.165) is 12.6 Å². The Morgan fingerprint density at radius 1 is 1.35 bits per heavy atom. The maximum atomic E-state index is 13.3. The van der Waals surface area contributed by atoms with Crippen LogP contribution in [0.4, 0.5) is 4.39 Å². The molecule has 0 heterocycles. The van der Waals surface area contributed by atoms with Crippen LogP contribution in [0.25, 0.3) is 0 Å². The molecule has 0 saturated heterocycles. The number of benzene rings is 1. The van der Waals surface area contributed by atoms with Gasteiger partial charge in [-0.15, -0.1) is 0 Å². The summed E-state index contributed by atoms with van der Waals surface area (Å²) in [4.78, 5) is -0.316. The highest BCUT2D eigenvalue weighted by atomic mass is 32.2. The number of hydrogen-bond acceptors (Lipinski definition) is 3. The lowest BCUT2D eigenvalue weighted by Gasteiger charge is -2.13. The number of rotatable bonds is 6. The third-order valence-electron chi connectivity index (χ3n) is 2.26. The molecule has 2 N–H and O–H groups in total.